The first kappa shape index (κ1) is 8.24. The van der Waals surface area contributed by atoms with E-state index in [0.29, 0.717) is 5.41 Å². The number of hydrogen-bond acceptors (Lipinski definition) is 2. The lowest BCUT2D eigenvalue weighted by Crippen LogP contribution is -2.11. The summed E-state index contributed by atoms with van der Waals surface area (Å²) in [5, 5.41) is 0. The molecule has 0 N–H and O–H groups in total. The number of aromatic nitrogens is 1. The molecule has 1 aromatic heterocycles. The highest BCUT2D eigenvalue weighted by Crippen LogP contribution is 2.44. The van der Waals surface area contributed by atoms with Gasteiger partial charge < -0.3 is 0 Å². The molecule has 1 aliphatic rings. The normalized spacial score (nSPS) is 18.2. The van der Waals surface area contributed by atoms with E-state index in [4.69, 9.17) is 0 Å². The molecule has 12 heavy (non-hydrogen) atoms. The highest BCUT2D eigenvalue weighted by molar-refractivity contribution is 7.09. The second-order valence-electron chi connectivity index (χ2n) is 4.59. The lowest BCUT2D eigenvalue weighted by molar-refractivity contribution is 0.594. The van der Waals surface area contributed by atoms with Crippen molar-refractivity contribution in [2.24, 2.45) is 0 Å². The summed E-state index contributed by atoms with van der Waals surface area (Å²) in [5.74, 6) is 0.797. The highest BCUT2D eigenvalue weighted by atomic mass is 32.1. The van der Waals surface area contributed by atoms with Crippen molar-refractivity contribution in [2.75, 3.05) is 0 Å². The van der Waals surface area contributed by atoms with Gasteiger partial charge in [0.25, 0.3) is 0 Å². The van der Waals surface area contributed by atoms with Crippen LogP contribution in [0.25, 0.3) is 0 Å². The minimum Gasteiger partial charge on any atom is -0.249 e. The van der Waals surface area contributed by atoms with Gasteiger partial charge in [0.2, 0.25) is 0 Å². The molecule has 0 amide bonds. The summed E-state index contributed by atoms with van der Waals surface area (Å²) < 4.78 is 0. The first-order valence-corrected chi connectivity index (χ1v) is 5.41. The topological polar surface area (TPSA) is 12.9 Å². The predicted octanol–water partition coefficient (Wildman–Crippen LogP) is 3.32. The summed E-state index contributed by atoms with van der Waals surface area (Å²) in [5.41, 5.74) is 3.67. The molecular formula is C10H15NS. The average molecular weight is 181 g/mol. The lowest BCUT2D eigenvalue weighted by Gasteiger charge is -2.17. The zero-order valence-corrected chi connectivity index (χ0v) is 8.74. The summed E-state index contributed by atoms with van der Waals surface area (Å²) in [6, 6.07) is 0. The van der Waals surface area contributed by atoms with E-state index >= 15 is 0 Å². The van der Waals surface area contributed by atoms with Gasteiger partial charge in [0, 0.05) is 10.8 Å². The molecule has 0 aromatic carbocycles. The fourth-order valence-corrected chi connectivity index (χ4v) is 2.43. The van der Waals surface area contributed by atoms with E-state index in [2.05, 4.69) is 25.8 Å². The van der Waals surface area contributed by atoms with Crippen LogP contribution in [-0.4, -0.2) is 4.98 Å². The standard InChI is InChI=1S/C10H15NS/c1-10(2,3)9-8(7-4-5-7)11-6-12-9/h6-7H,4-5H2,1-3H3. The Bertz CT molecular complexity index is 278. The summed E-state index contributed by atoms with van der Waals surface area (Å²) >= 11 is 1.81. The van der Waals surface area contributed by atoms with Crippen LogP contribution >= 0.6 is 11.3 Å². The molecule has 0 atom stereocenters. The molecule has 0 radical (unpaired) electrons. The number of rotatable bonds is 1. The van der Waals surface area contributed by atoms with Crippen molar-refractivity contribution in [3.63, 3.8) is 0 Å². The molecule has 1 fully saturated rings. The number of thiazole rings is 1. The average Bonchev–Trinajstić information content (AvgIpc) is 2.65. The first-order chi connectivity index (χ1) is 5.59. The van der Waals surface area contributed by atoms with Gasteiger partial charge in [0.1, 0.15) is 0 Å². The fraction of sp³-hybridized carbons (Fsp3) is 0.700. The highest BCUT2D eigenvalue weighted by Gasteiger charge is 2.31. The van der Waals surface area contributed by atoms with Gasteiger partial charge in [-0.05, 0) is 18.3 Å². The SMILES string of the molecule is CC(C)(C)c1scnc1C1CC1. The van der Waals surface area contributed by atoms with Crippen LogP contribution in [0.15, 0.2) is 5.51 Å². The molecule has 0 bridgehead atoms. The van der Waals surface area contributed by atoms with E-state index in [1.54, 1.807) is 0 Å². The Balaban J connectivity index is 2.36. The van der Waals surface area contributed by atoms with Crippen LogP contribution in [0.4, 0.5) is 0 Å². The van der Waals surface area contributed by atoms with Crippen molar-refractivity contribution in [3.05, 3.63) is 16.1 Å². The fourth-order valence-electron chi connectivity index (χ4n) is 1.46. The summed E-state index contributed by atoms with van der Waals surface area (Å²) in [4.78, 5) is 5.95. The Morgan fingerprint density at radius 2 is 2.08 bits per heavy atom. The van der Waals surface area contributed by atoms with Gasteiger partial charge in [0.15, 0.2) is 0 Å². The van der Waals surface area contributed by atoms with E-state index in [1.165, 1.54) is 23.4 Å². The maximum atomic E-state index is 4.46. The van der Waals surface area contributed by atoms with Crippen LogP contribution < -0.4 is 0 Å². The molecule has 66 valence electrons. The van der Waals surface area contributed by atoms with Crippen LogP contribution in [0.2, 0.25) is 0 Å². The third kappa shape index (κ3) is 1.40. The van der Waals surface area contributed by atoms with Gasteiger partial charge in [-0.1, -0.05) is 20.8 Å². The first-order valence-electron chi connectivity index (χ1n) is 4.53. The zero-order valence-electron chi connectivity index (χ0n) is 7.92. The van der Waals surface area contributed by atoms with E-state index in [1.807, 2.05) is 16.8 Å². The van der Waals surface area contributed by atoms with E-state index in [0.717, 1.165) is 5.92 Å². The van der Waals surface area contributed by atoms with Crippen molar-refractivity contribution in [1.29, 1.82) is 0 Å². The monoisotopic (exact) mass is 181 g/mol. The Labute approximate surface area is 77.8 Å². The molecule has 1 aromatic rings. The Kier molecular flexibility index (Phi) is 1.76. The smallest absolute Gasteiger partial charge is 0.0798 e. The Hall–Kier alpha value is -0.370. The van der Waals surface area contributed by atoms with Gasteiger partial charge >= 0.3 is 0 Å². The maximum Gasteiger partial charge on any atom is 0.0798 e. The second kappa shape index (κ2) is 2.56. The van der Waals surface area contributed by atoms with Crippen LogP contribution in [-0.2, 0) is 5.41 Å². The molecule has 0 spiro atoms. The molecule has 2 heteroatoms. The summed E-state index contributed by atoms with van der Waals surface area (Å²) in [6.45, 7) is 6.81. The van der Waals surface area contributed by atoms with Crippen LogP contribution in [0.5, 0.6) is 0 Å². The quantitative estimate of drug-likeness (QED) is 0.647. The minimum absolute atomic E-state index is 0.291. The van der Waals surface area contributed by atoms with Crippen LogP contribution in [0, 0.1) is 0 Å². The van der Waals surface area contributed by atoms with Gasteiger partial charge in [-0.25, -0.2) is 4.98 Å². The van der Waals surface area contributed by atoms with E-state index < -0.39 is 0 Å². The third-order valence-corrected chi connectivity index (χ3v) is 3.51. The molecule has 1 aliphatic carbocycles. The van der Waals surface area contributed by atoms with Crippen molar-refractivity contribution >= 4 is 11.3 Å². The largest absolute Gasteiger partial charge is 0.249 e. The third-order valence-electron chi connectivity index (χ3n) is 2.24. The van der Waals surface area contributed by atoms with Crippen molar-refractivity contribution in [2.45, 2.75) is 44.9 Å². The molecule has 0 aliphatic heterocycles. The van der Waals surface area contributed by atoms with Gasteiger partial charge in [0.05, 0.1) is 11.2 Å². The van der Waals surface area contributed by atoms with Crippen molar-refractivity contribution in [1.82, 2.24) is 4.98 Å². The Morgan fingerprint density at radius 3 is 2.58 bits per heavy atom. The summed E-state index contributed by atoms with van der Waals surface area (Å²) in [6.07, 6.45) is 2.71. The van der Waals surface area contributed by atoms with Gasteiger partial charge in [-0.2, -0.15) is 0 Å². The van der Waals surface area contributed by atoms with Crippen LogP contribution in [0.3, 0.4) is 0 Å². The second-order valence-corrected chi connectivity index (χ2v) is 5.45. The van der Waals surface area contributed by atoms with Crippen molar-refractivity contribution < 1.29 is 0 Å². The van der Waals surface area contributed by atoms with E-state index in [-0.39, 0.29) is 0 Å². The molecule has 1 saturated carbocycles. The summed E-state index contributed by atoms with van der Waals surface area (Å²) in [7, 11) is 0. The molecule has 1 nitrogen and oxygen atoms in total. The Morgan fingerprint density at radius 1 is 1.42 bits per heavy atom. The number of hydrogen-bond donors (Lipinski definition) is 0. The van der Waals surface area contributed by atoms with Gasteiger partial charge in [-0.15, -0.1) is 11.3 Å². The predicted molar refractivity (Wildman–Crippen MR) is 52.8 cm³/mol. The maximum absolute atomic E-state index is 4.46. The van der Waals surface area contributed by atoms with Crippen LogP contribution in [0.1, 0.15) is 50.1 Å². The van der Waals surface area contributed by atoms with Gasteiger partial charge in [-0.3, -0.25) is 0 Å². The molecule has 2 rings (SSSR count). The molecule has 0 saturated heterocycles. The molecule has 0 unspecified atom stereocenters. The lowest BCUT2D eigenvalue weighted by atomic mass is 9.92. The number of nitrogens with zero attached hydrogens (tertiary/aromatic N) is 1. The molecule has 1 heterocycles. The molecular weight excluding hydrogens is 166 g/mol. The van der Waals surface area contributed by atoms with E-state index in [9.17, 15) is 0 Å². The minimum atomic E-state index is 0.291. The zero-order chi connectivity index (χ0) is 8.77. The van der Waals surface area contributed by atoms with Crippen molar-refractivity contribution in [3.8, 4) is 0 Å².